The van der Waals surface area contributed by atoms with E-state index < -0.39 is 0 Å². The van der Waals surface area contributed by atoms with Crippen LogP contribution in [0.3, 0.4) is 0 Å². The summed E-state index contributed by atoms with van der Waals surface area (Å²) in [6.07, 6.45) is 1.84. The van der Waals surface area contributed by atoms with Gasteiger partial charge in [0.15, 0.2) is 5.65 Å². The number of imidazole rings is 1. The normalized spacial score (nSPS) is 11.4. The summed E-state index contributed by atoms with van der Waals surface area (Å²) in [5.41, 5.74) is 4.41. The van der Waals surface area contributed by atoms with Crippen LogP contribution in [0.15, 0.2) is 30.3 Å². The van der Waals surface area contributed by atoms with Gasteiger partial charge in [0.2, 0.25) is 0 Å². The Hall–Kier alpha value is -1.81. The van der Waals surface area contributed by atoms with E-state index in [1.54, 1.807) is 0 Å². The van der Waals surface area contributed by atoms with Crippen LogP contribution in [0.5, 0.6) is 0 Å². The van der Waals surface area contributed by atoms with E-state index in [0.717, 1.165) is 42.1 Å². The van der Waals surface area contributed by atoms with Crippen LogP contribution in [0.1, 0.15) is 24.0 Å². The van der Waals surface area contributed by atoms with Gasteiger partial charge in [0.1, 0.15) is 11.3 Å². The summed E-state index contributed by atoms with van der Waals surface area (Å²) < 4.78 is 4.11. The maximum Gasteiger partial charge on any atom is 0.158 e. The second-order valence-corrected chi connectivity index (χ2v) is 5.41. The number of hydrogen-bond acceptors (Lipinski definition) is 2. The summed E-state index contributed by atoms with van der Waals surface area (Å²) in [6, 6.07) is 10.5. The van der Waals surface area contributed by atoms with Crippen LogP contribution in [-0.4, -0.2) is 19.3 Å². The predicted molar refractivity (Wildman–Crippen MR) is 85.6 cm³/mol. The molecule has 21 heavy (non-hydrogen) atoms. The van der Waals surface area contributed by atoms with Crippen LogP contribution in [0, 0.1) is 0 Å². The lowest BCUT2D eigenvalue weighted by Crippen LogP contribution is -2.08. The first-order valence-corrected chi connectivity index (χ1v) is 7.79. The van der Waals surface area contributed by atoms with Gasteiger partial charge >= 0.3 is 0 Å². The van der Waals surface area contributed by atoms with Gasteiger partial charge in [-0.1, -0.05) is 37.3 Å². The van der Waals surface area contributed by atoms with Gasteiger partial charge in [-0.05, 0) is 18.4 Å². The molecule has 2 heterocycles. The molecule has 0 saturated carbocycles. The molecule has 0 amide bonds. The highest BCUT2D eigenvalue weighted by molar-refractivity contribution is 6.16. The average molecular weight is 303 g/mol. The van der Waals surface area contributed by atoms with E-state index in [2.05, 4.69) is 45.8 Å². The molecule has 4 nitrogen and oxygen atoms in total. The number of rotatable bonds is 5. The van der Waals surface area contributed by atoms with E-state index in [0.29, 0.717) is 5.88 Å². The third-order valence-corrected chi connectivity index (χ3v) is 4.03. The number of alkyl halides is 1. The van der Waals surface area contributed by atoms with Crippen LogP contribution in [-0.2, 0) is 32.3 Å². The lowest BCUT2D eigenvalue weighted by Gasteiger charge is -2.08. The van der Waals surface area contributed by atoms with Crippen LogP contribution in [0.4, 0.5) is 0 Å². The van der Waals surface area contributed by atoms with Crippen molar-refractivity contribution in [3.63, 3.8) is 0 Å². The van der Waals surface area contributed by atoms with Crippen LogP contribution in [0.25, 0.3) is 11.2 Å². The maximum atomic E-state index is 6.08. The Bertz CT molecular complexity index is 743. The van der Waals surface area contributed by atoms with Crippen molar-refractivity contribution < 1.29 is 0 Å². The van der Waals surface area contributed by atoms with E-state index in [1.165, 1.54) is 5.56 Å². The second kappa shape index (κ2) is 5.90. The number of aromatic nitrogens is 4. The molecule has 0 fully saturated rings. The largest absolute Gasteiger partial charge is 0.312 e. The topological polar surface area (TPSA) is 35.6 Å². The standard InChI is InChI=1S/C16H19ClN4/c1-3-13-15-16(20(2)19-13)21(14(11-17)18-15)10-9-12-7-5-4-6-8-12/h4-8H,3,9-11H2,1-2H3. The number of benzene rings is 1. The van der Waals surface area contributed by atoms with Crippen LogP contribution >= 0.6 is 11.6 Å². The summed E-state index contributed by atoms with van der Waals surface area (Å²) in [5.74, 6) is 1.34. The van der Waals surface area contributed by atoms with E-state index in [-0.39, 0.29) is 0 Å². The first-order valence-electron chi connectivity index (χ1n) is 7.25. The van der Waals surface area contributed by atoms with Crippen LogP contribution in [0.2, 0.25) is 0 Å². The molecule has 0 aliphatic heterocycles. The smallest absolute Gasteiger partial charge is 0.158 e. The van der Waals surface area contributed by atoms with Gasteiger partial charge < -0.3 is 4.57 Å². The van der Waals surface area contributed by atoms with Gasteiger partial charge in [-0.3, -0.25) is 4.68 Å². The molecule has 0 saturated heterocycles. The van der Waals surface area contributed by atoms with Gasteiger partial charge in [-0.25, -0.2) is 4.98 Å². The Kier molecular flexibility index (Phi) is 3.97. The molecule has 0 bridgehead atoms. The van der Waals surface area contributed by atoms with Gasteiger partial charge in [0.05, 0.1) is 11.6 Å². The van der Waals surface area contributed by atoms with E-state index in [4.69, 9.17) is 11.6 Å². The highest BCUT2D eigenvalue weighted by Gasteiger charge is 2.17. The Morgan fingerprint density at radius 2 is 1.95 bits per heavy atom. The molecule has 0 spiro atoms. The van der Waals surface area contributed by atoms with Crippen molar-refractivity contribution in [2.24, 2.45) is 7.05 Å². The molecule has 1 aromatic carbocycles. The van der Waals surface area contributed by atoms with Gasteiger partial charge in [-0.15, -0.1) is 11.6 Å². The summed E-state index contributed by atoms with van der Waals surface area (Å²) in [7, 11) is 1.97. The summed E-state index contributed by atoms with van der Waals surface area (Å²) >= 11 is 6.08. The SMILES string of the molecule is CCc1nn(C)c2c1nc(CCl)n2CCc1ccccc1. The molecule has 3 rings (SSSR count). The van der Waals surface area contributed by atoms with Crippen molar-refractivity contribution in [2.75, 3.05) is 0 Å². The lowest BCUT2D eigenvalue weighted by atomic mass is 10.1. The molecular formula is C16H19ClN4. The number of hydrogen-bond donors (Lipinski definition) is 0. The molecule has 5 heteroatoms. The Labute approximate surface area is 129 Å². The number of aryl methyl sites for hydroxylation is 4. The van der Waals surface area contributed by atoms with Crippen molar-refractivity contribution in [2.45, 2.75) is 32.2 Å². The fourth-order valence-electron chi connectivity index (χ4n) is 2.75. The zero-order chi connectivity index (χ0) is 14.8. The minimum atomic E-state index is 0.423. The maximum absolute atomic E-state index is 6.08. The van der Waals surface area contributed by atoms with Gasteiger partial charge in [0.25, 0.3) is 0 Å². The first-order chi connectivity index (χ1) is 10.2. The van der Waals surface area contributed by atoms with Crippen LogP contribution < -0.4 is 0 Å². The summed E-state index contributed by atoms with van der Waals surface area (Å²) in [6.45, 7) is 2.97. The van der Waals surface area contributed by atoms with Gasteiger partial charge in [0, 0.05) is 13.6 Å². The summed E-state index contributed by atoms with van der Waals surface area (Å²) in [4.78, 5) is 4.68. The molecule has 2 aromatic heterocycles. The first kappa shape index (κ1) is 14.1. The minimum absolute atomic E-state index is 0.423. The quantitative estimate of drug-likeness (QED) is 0.678. The monoisotopic (exact) mass is 302 g/mol. The second-order valence-electron chi connectivity index (χ2n) is 5.14. The molecule has 0 unspecified atom stereocenters. The zero-order valence-corrected chi connectivity index (χ0v) is 13.1. The minimum Gasteiger partial charge on any atom is -0.312 e. The Balaban J connectivity index is 1.98. The number of nitrogens with zero attached hydrogens (tertiary/aromatic N) is 4. The fraction of sp³-hybridized carbons (Fsp3) is 0.375. The van der Waals surface area contributed by atoms with Crippen molar-refractivity contribution in [1.29, 1.82) is 0 Å². The van der Waals surface area contributed by atoms with Crippen molar-refractivity contribution in [3.05, 3.63) is 47.4 Å². The number of halogens is 1. The van der Waals surface area contributed by atoms with Crippen molar-refractivity contribution in [3.8, 4) is 0 Å². The lowest BCUT2D eigenvalue weighted by molar-refractivity contribution is 0.649. The zero-order valence-electron chi connectivity index (χ0n) is 12.4. The predicted octanol–water partition coefficient (Wildman–Crippen LogP) is 3.31. The third-order valence-electron chi connectivity index (χ3n) is 3.79. The highest BCUT2D eigenvalue weighted by Crippen LogP contribution is 2.21. The average Bonchev–Trinajstić information content (AvgIpc) is 3.03. The molecule has 110 valence electrons. The highest BCUT2D eigenvalue weighted by atomic mass is 35.5. The molecule has 0 atom stereocenters. The molecule has 0 aliphatic rings. The van der Waals surface area contributed by atoms with Crippen molar-refractivity contribution >= 4 is 22.8 Å². The molecule has 0 radical (unpaired) electrons. The van der Waals surface area contributed by atoms with Crippen molar-refractivity contribution in [1.82, 2.24) is 19.3 Å². The van der Waals surface area contributed by atoms with E-state index in [1.807, 2.05) is 17.8 Å². The summed E-state index contributed by atoms with van der Waals surface area (Å²) in [5, 5.41) is 4.55. The number of fused-ring (bicyclic) bond motifs is 1. The van der Waals surface area contributed by atoms with E-state index >= 15 is 0 Å². The molecule has 0 aliphatic carbocycles. The Morgan fingerprint density at radius 1 is 1.19 bits per heavy atom. The Morgan fingerprint density at radius 3 is 2.62 bits per heavy atom. The third kappa shape index (κ3) is 2.56. The van der Waals surface area contributed by atoms with E-state index in [9.17, 15) is 0 Å². The molecule has 0 N–H and O–H groups in total. The van der Waals surface area contributed by atoms with Gasteiger partial charge in [-0.2, -0.15) is 5.10 Å². The molecule has 3 aromatic rings. The molecular weight excluding hydrogens is 284 g/mol. The fourth-order valence-corrected chi connectivity index (χ4v) is 2.95.